The van der Waals surface area contributed by atoms with Crippen molar-refractivity contribution in [3.05, 3.63) is 17.1 Å². The summed E-state index contributed by atoms with van der Waals surface area (Å²) in [6, 6.07) is 0. The molecule has 0 fully saturated rings. The maximum absolute atomic E-state index is 10.8. The van der Waals surface area contributed by atoms with Gasteiger partial charge < -0.3 is 15.6 Å². The van der Waals surface area contributed by atoms with Gasteiger partial charge in [-0.2, -0.15) is 0 Å². The number of aromatic nitrogens is 2. The Balaban J connectivity index is 2.87. The Morgan fingerprint density at radius 3 is 2.69 bits per heavy atom. The van der Waals surface area contributed by atoms with Crippen molar-refractivity contribution in [2.75, 3.05) is 18.9 Å². The Bertz CT molecular complexity index is 370. The monoisotopic (exact) mass is 225 g/mol. The minimum atomic E-state index is -1.11. The summed E-state index contributed by atoms with van der Waals surface area (Å²) in [6.07, 6.45) is 0.527. The summed E-state index contributed by atoms with van der Waals surface area (Å²) < 4.78 is 5.16. The van der Waals surface area contributed by atoms with Gasteiger partial charge in [0, 0.05) is 13.0 Å². The number of nitrogens with zero attached hydrogens (tertiary/aromatic N) is 2. The molecule has 16 heavy (non-hydrogen) atoms. The van der Waals surface area contributed by atoms with Gasteiger partial charge in [-0.05, 0) is 13.8 Å². The fourth-order valence-electron chi connectivity index (χ4n) is 1.34. The van der Waals surface area contributed by atoms with Crippen LogP contribution < -0.4 is 5.73 Å². The average Bonchev–Trinajstić information content (AvgIpc) is 2.16. The van der Waals surface area contributed by atoms with Crippen LogP contribution in [0.1, 0.15) is 28.8 Å². The number of nitrogens with two attached hydrogens (primary N) is 1. The van der Waals surface area contributed by atoms with Crippen molar-refractivity contribution in [2.45, 2.75) is 20.3 Å². The maximum atomic E-state index is 10.8. The van der Waals surface area contributed by atoms with Gasteiger partial charge in [-0.3, -0.25) is 0 Å². The molecule has 6 nitrogen and oxygen atoms in total. The molecule has 0 radical (unpaired) electrons. The lowest BCUT2D eigenvalue weighted by Crippen LogP contribution is -2.13. The molecule has 3 N–H and O–H groups in total. The maximum Gasteiger partial charge on any atom is 0.341 e. The molecular weight excluding hydrogens is 210 g/mol. The third kappa shape index (κ3) is 2.90. The molecule has 0 saturated carbocycles. The topological polar surface area (TPSA) is 98.3 Å². The van der Waals surface area contributed by atoms with Crippen LogP contribution in [0.3, 0.4) is 0 Å². The van der Waals surface area contributed by atoms with Gasteiger partial charge in [0.2, 0.25) is 0 Å². The van der Waals surface area contributed by atoms with Crippen molar-refractivity contribution >= 4 is 11.8 Å². The molecule has 6 heteroatoms. The minimum absolute atomic E-state index is 0.00602. The van der Waals surface area contributed by atoms with Crippen molar-refractivity contribution in [2.24, 2.45) is 0 Å². The van der Waals surface area contributed by atoms with Gasteiger partial charge in [0.25, 0.3) is 0 Å². The highest BCUT2D eigenvalue weighted by Crippen LogP contribution is 2.13. The molecule has 0 aliphatic rings. The summed E-state index contributed by atoms with van der Waals surface area (Å²) in [5.41, 5.74) is 5.91. The van der Waals surface area contributed by atoms with Crippen LogP contribution in [0, 0.1) is 6.92 Å². The number of aromatic carboxylic acids is 1. The molecule has 0 bridgehead atoms. The Labute approximate surface area is 93.5 Å². The Kier molecular flexibility index (Phi) is 4.19. The number of nitrogen functional groups attached to an aromatic ring is 1. The van der Waals surface area contributed by atoms with Gasteiger partial charge in [0.1, 0.15) is 17.2 Å². The number of carboxylic acids is 1. The lowest BCUT2D eigenvalue weighted by atomic mass is 10.2. The van der Waals surface area contributed by atoms with Crippen LogP contribution in [0.25, 0.3) is 0 Å². The highest BCUT2D eigenvalue weighted by Gasteiger charge is 2.15. The van der Waals surface area contributed by atoms with Crippen molar-refractivity contribution in [1.82, 2.24) is 9.97 Å². The van der Waals surface area contributed by atoms with E-state index in [2.05, 4.69) is 9.97 Å². The Morgan fingerprint density at radius 1 is 1.50 bits per heavy atom. The standard InChI is InChI=1S/C10H15N3O3/c1-3-16-5-4-7-12-6(2)8(10(14)15)9(11)13-7/h3-5H2,1-2H3,(H,14,15)(H2,11,12,13). The number of carboxylic acid groups (broad SMARTS) is 1. The first kappa shape index (κ1) is 12.4. The van der Waals surface area contributed by atoms with E-state index in [1.165, 1.54) is 0 Å². The van der Waals surface area contributed by atoms with E-state index >= 15 is 0 Å². The van der Waals surface area contributed by atoms with Gasteiger partial charge >= 0.3 is 5.97 Å². The first-order chi connectivity index (χ1) is 7.56. The first-order valence-corrected chi connectivity index (χ1v) is 5.00. The summed E-state index contributed by atoms with van der Waals surface area (Å²) in [5.74, 6) is -0.591. The molecule has 0 amide bonds. The second kappa shape index (κ2) is 5.41. The van der Waals surface area contributed by atoms with Gasteiger partial charge in [0.15, 0.2) is 0 Å². The minimum Gasteiger partial charge on any atom is -0.477 e. The largest absolute Gasteiger partial charge is 0.477 e. The average molecular weight is 225 g/mol. The van der Waals surface area contributed by atoms with Crippen molar-refractivity contribution < 1.29 is 14.6 Å². The number of aryl methyl sites for hydroxylation is 1. The van der Waals surface area contributed by atoms with E-state index in [1.807, 2.05) is 6.92 Å². The Morgan fingerprint density at radius 2 is 2.19 bits per heavy atom. The fraction of sp³-hybridized carbons (Fsp3) is 0.500. The van der Waals surface area contributed by atoms with E-state index in [1.54, 1.807) is 6.92 Å². The Hall–Kier alpha value is -1.69. The molecule has 1 aromatic heterocycles. The third-order valence-corrected chi connectivity index (χ3v) is 2.05. The SMILES string of the molecule is CCOCCc1nc(C)c(C(=O)O)c(N)n1. The quantitative estimate of drug-likeness (QED) is 0.714. The molecule has 1 rings (SSSR count). The molecule has 0 aliphatic heterocycles. The zero-order valence-corrected chi connectivity index (χ0v) is 9.36. The first-order valence-electron chi connectivity index (χ1n) is 5.00. The van der Waals surface area contributed by atoms with E-state index < -0.39 is 5.97 Å². The molecule has 1 aromatic rings. The van der Waals surface area contributed by atoms with E-state index in [4.69, 9.17) is 15.6 Å². The highest BCUT2D eigenvalue weighted by molar-refractivity contribution is 5.93. The van der Waals surface area contributed by atoms with Gasteiger partial charge in [-0.15, -0.1) is 0 Å². The van der Waals surface area contributed by atoms with Crippen molar-refractivity contribution in [1.29, 1.82) is 0 Å². The summed E-state index contributed by atoms with van der Waals surface area (Å²) in [4.78, 5) is 18.8. The molecule has 0 unspecified atom stereocenters. The predicted molar refractivity (Wildman–Crippen MR) is 58.3 cm³/mol. The van der Waals surface area contributed by atoms with E-state index in [-0.39, 0.29) is 11.4 Å². The van der Waals surface area contributed by atoms with Crippen LogP contribution >= 0.6 is 0 Å². The van der Waals surface area contributed by atoms with Crippen LogP contribution in [-0.2, 0) is 11.2 Å². The summed E-state index contributed by atoms with van der Waals surface area (Å²) in [5, 5.41) is 8.87. The molecule has 0 aromatic carbocycles. The fourth-order valence-corrected chi connectivity index (χ4v) is 1.34. The number of rotatable bonds is 5. The zero-order chi connectivity index (χ0) is 12.1. The number of ether oxygens (including phenoxy) is 1. The van der Waals surface area contributed by atoms with Gasteiger partial charge in [-0.25, -0.2) is 14.8 Å². The van der Waals surface area contributed by atoms with Crippen LogP contribution in [0.5, 0.6) is 0 Å². The number of hydrogen-bond donors (Lipinski definition) is 2. The van der Waals surface area contributed by atoms with E-state index in [9.17, 15) is 4.79 Å². The lowest BCUT2D eigenvalue weighted by molar-refractivity contribution is 0.0696. The van der Waals surface area contributed by atoms with Gasteiger partial charge in [-0.1, -0.05) is 0 Å². The summed E-state index contributed by atoms with van der Waals surface area (Å²) in [7, 11) is 0. The molecule has 0 aliphatic carbocycles. The third-order valence-electron chi connectivity index (χ3n) is 2.05. The van der Waals surface area contributed by atoms with Crippen LogP contribution in [0.2, 0.25) is 0 Å². The van der Waals surface area contributed by atoms with Crippen molar-refractivity contribution in [3.63, 3.8) is 0 Å². The molecule has 0 spiro atoms. The smallest absolute Gasteiger partial charge is 0.341 e. The second-order valence-electron chi connectivity index (χ2n) is 3.24. The molecule has 1 heterocycles. The molecule has 0 atom stereocenters. The molecule has 0 saturated heterocycles. The summed E-state index contributed by atoms with van der Waals surface area (Å²) >= 11 is 0. The number of hydrogen-bond acceptors (Lipinski definition) is 5. The van der Waals surface area contributed by atoms with E-state index in [0.29, 0.717) is 31.2 Å². The van der Waals surface area contributed by atoms with Gasteiger partial charge in [0.05, 0.1) is 12.3 Å². The predicted octanol–water partition coefficient (Wildman–Crippen LogP) is 0.644. The number of carbonyl (C=O) groups is 1. The molecular formula is C10H15N3O3. The van der Waals surface area contributed by atoms with E-state index in [0.717, 1.165) is 0 Å². The highest BCUT2D eigenvalue weighted by atomic mass is 16.5. The lowest BCUT2D eigenvalue weighted by Gasteiger charge is -2.07. The zero-order valence-electron chi connectivity index (χ0n) is 9.36. The normalized spacial score (nSPS) is 10.4. The number of anilines is 1. The second-order valence-corrected chi connectivity index (χ2v) is 3.24. The van der Waals surface area contributed by atoms with Crippen molar-refractivity contribution in [3.8, 4) is 0 Å². The van der Waals surface area contributed by atoms with Crippen LogP contribution in [0.15, 0.2) is 0 Å². The van der Waals surface area contributed by atoms with Crippen LogP contribution in [0.4, 0.5) is 5.82 Å². The summed E-state index contributed by atoms with van der Waals surface area (Å²) in [6.45, 7) is 4.63. The van der Waals surface area contributed by atoms with Crippen LogP contribution in [-0.4, -0.2) is 34.3 Å². The molecule has 88 valence electrons.